The molecule has 1 saturated heterocycles. The Hall–Kier alpha value is -3.12. The fourth-order valence-electron chi connectivity index (χ4n) is 7.27. The molecule has 10 heteroatoms. The van der Waals surface area contributed by atoms with Gasteiger partial charge in [0.1, 0.15) is 5.60 Å². The van der Waals surface area contributed by atoms with E-state index in [1.54, 1.807) is 26.0 Å². The van der Waals surface area contributed by atoms with E-state index in [1.165, 1.54) is 44.9 Å². The second kappa shape index (κ2) is 23.1. The van der Waals surface area contributed by atoms with Crippen LogP contribution in [0.4, 0.5) is 0 Å². The van der Waals surface area contributed by atoms with Crippen LogP contribution in [0.1, 0.15) is 139 Å². The van der Waals surface area contributed by atoms with Gasteiger partial charge in [-0.15, -0.1) is 0 Å². The lowest BCUT2D eigenvalue weighted by molar-refractivity contribution is -0.142. The monoisotopic (exact) mass is 767 g/mol. The van der Waals surface area contributed by atoms with Crippen molar-refractivity contribution in [2.24, 2.45) is 5.92 Å². The van der Waals surface area contributed by atoms with Gasteiger partial charge in [0, 0.05) is 0 Å². The Morgan fingerprint density at radius 3 is 1.70 bits per heavy atom. The van der Waals surface area contributed by atoms with E-state index >= 15 is 0 Å². The van der Waals surface area contributed by atoms with Crippen LogP contribution in [0, 0.1) is 5.92 Å². The Morgan fingerprint density at radius 1 is 0.759 bits per heavy atom. The van der Waals surface area contributed by atoms with Gasteiger partial charge in [-0.05, 0) is 93.8 Å². The van der Waals surface area contributed by atoms with Crippen molar-refractivity contribution in [3.63, 3.8) is 0 Å². The summed E-state index contributed by atoms with van der Waals surface area (Å²) >= 11 is 0. The van der Waals surface area contributed by atoms with E-state index in [0.717, 1.165) is 74.0 Å². The smallest absolute Gasteiger partial charge is 0.397 e. The lowest BCUT2D eigenvalue weighted by atomic mass is 9.72. The number of unbranched alkanes of at least 4 members (excludes halogenated alkanes) is 9. The van der Waals surface area contributed by atoms with Gasteiger partial charge in [0.15, 0.2) is 0 Å². The van der Waals surface area contributed by atoms with Crippen molar-refractivity contribution in [1.29, 1.82) is 0 Å². The van der Waals surface area contributed by atoms with Crippen molar-refractivity contribution >= 4 is 16.4 Å². The first-order valence-electron chi connectivity index (χ1n) is 20.0. The maximum atomic E-state index is 12.1. The predicted octanol–water partition coefficient (Wildman–Crippen LogP) is 9.24. The molecule has 0 saturated carbocycles. The van der Waals surface area contributed by atoms with Crippen molar-refractivity contribution in [2.75, 3.05) is 26.2 Å². The third-order valence-corrected chi connectivity index (χ3v) is 11.3. The number of carboxylic acid groups (broad SMARTS) is 1. The van der Waals surface area contributed by atoms with Crippen LogP contribution >= 0.6 is 0 Å². The molecule has 300 valence electrons. The molecule has 0 bridgehead atoms. The number of hydrogen-bond acceptors (Lipinski definition) is 7. The van der Waals surface area contributed by atoms with Crippen molar-refractivity contribution in [2.45, 2.75) is 128 Å². The van der Waals surface area contributed by atoms with E-state index < -0.39 is 33.5 Å². The van der Waals surface area contributed by atoms with Crippen LogP contribution in [-0.2, 0) is 30.4 Å². The van der Waals surface area contributed by atoms with Crippen molar-refractivity contribution in [3.8, 4) is 0 Å². The van der Waals surface area contributed by atoms with Crippen LogP contribution < -0.4 is 0 Å². The van der Waals surface area contributed by atoms with E-state index in [2.05, 4.69) is 16.0 Å². The molecule has 4 rings (SSSR count). The molecular weight excluding hydrogens is 703 g/mol. The topological polar surface area (TPSA) is 145 Å². The normalized spacial score (nSPS) is 15.0. The molecule has 0 aliphatic carbocycles. The van der Waals surface area contributed by atoms with Gasteiger partial charge in [-0.2, -0.15) is 8.42 Å². The van der Waals surface area contributed by atoms with Gasteiger partial charge in [0.2, 0.25) is 0 Å². The van der Waals surface area contributed by atoms with E-state index in [9.17, 15) is 28.5 Å². The number of benzene rings is 3. The van der Waals surface area contributed by atoms with Gasteiger partial charge in [-0.3, -0.25) is 9.35 Å². The van der Waals surface area contributed by atoms with E-state index in [-0.39, 0.29) is 12.5 Å². The number of piperidine rings is 1. The molecule has 3 aromatic rings. The fourth-order valence-corrected chi connectivity index (χ4v) is 7.60. The van der Waals surface area contributed by atoms with E-state index in [4.69, 9.17) is 4.55 Å². The van der Waals surface area contributed by atoms with E-state index in [1.807, 2.05) is 72.8 Å². The Bertz CT molecular complexity index is 1530. The summed E-state index contributed by atoms with van der Waals surface area (Å²) in [7, 11) is -4.23. The van der Waals surface area contributed by atoms with Gasteiger partial charge in [0.05, 0.1) is 18.1 Å². The highest BCUT2D eigenvalue weighted by Gasteiger charge is 2.41. The first kappa shape index (κ1) is 45.3. The Balaban J connectivity index is 0.000000390. The van der Waals surface area contributed by atoms with Crippen LogP contribution in [0.2, 0.25) is 0 Å². The number of aliphatic hydroxyl groups excluding tert-OH is 1. The Labute approximate surface area is 324 Å². The zero-order valence-corrected chi connectivity index (χ0v) is 33.6. The number of aliphatic carboxylic acids is 1. The highest BCUT2D eigenvalue weighted by Crippen LogP contribution is 2.42. The van der Waals surface area contributed by atoms with Gasteiger partial charge < -0.3 is 20.2 Å². The average Bonchev–Trinajstić information content (AvgIpc) is 3.17. The minimum absolute atomic E-state index is 0.0926. The average molecular weight is 768 g/mol. The summed E-state index contributed by atoms with van der Waals surface area (Å²) in [4.78, 5) is 13.9. The second-order valence-corrected chi connectivity index (χ2v) is 16.3. The zero-order valence-electron chi connectivity index (χ0n) is 32.7. The van der Waals surface area contributed by atoms with Gasteiger partial charge >= 0.3 is 16.4 Å². The third-order valence-electron chi connectivity index (χ3n) is 10.8. The number of rotatable bonds is 22. The molecule has 0 unspecified atom stereocenters. The summed E-state index contributed by atoms with van der Waals surface area (Å²) in [5, 5.41) is 32.2. The first-order valence-corrected chi connectivity index (χ1v) is 21.3. The maximum Gasteiger partial charge on any atom is 0.397 e. The molecule has 9 nitrogen and oxygen atoms in total. The van der Waals surface area contributed by atoms with Gasteiger partial charge in [0.25, 0.3) is 0 Å². The van der Waals surface area contributed by atoms with Crippen molar-refractivity contribution in [1.82, 2.24) is 4.90 Å². The fraction of sp³-hybridized carbons (Fsp3) is 0.568. The first-order chi connectivity index (χ1) is 25.8. The lowest BCUT2D eigenvalue weighted by Gasteiger charge is -2.42. The zero-order chi connectivity index (χ0) is 39.5. The molecule has 0 radical (unpaired) electrons. The number of aliphatic hydroxyl groups is 2. The molecule has 0 aromatic heterocycles. The molecule has 1 atom stereocenters. The maximum absolute atomic E-state index is 12.1. The molecular formula is C44H65NO8S. The number of hydrogen-bond donors (Lipinski definition) is 4. The highest BCUT2D eigenvalue weighted by molar-refractivity contribution is 7.80. The Kier molecular flexibility index (Phi) is 19.3. The van der Waals surface area contributed by atoms with Gasteiger partial charge in [-0.1, -0.05) is 150 Å². The summed E-state index contributed by atoms with van der Waals surface area (Å²) in [6.07, 6.45) is 14.6. The van der Waals surface area contributed by atoms with Crippen LogP contribution in [-0.4, -0.2) is 65.4 Å². The molecule has 0 spiro atoms. The van der Waals surface area contributed by atoms with Crippen LogP contribution in [0.25, 0.3) is 0 Å². The number of carbonyl (C=O) groups is 1. The quantitative estimate of drug-likeness (QED) is 0.0581. The predicted molar refractivity (Wildman–Crippen MR) is 216 cm³/mol. The van der Waals surface area contributed by atoms with Crippen molar-refractivity contribution in [3.05, 3.63) is 107 Å². The highest BCUT2D eigenvalue weighted by atomic mass is 32.3. The molecule has 1 aliphatic heterocycles. The number of nitrogens with zero attached hydrogens (tertiary/aromatic N) is 1. The molecule has 54 heavy (non-hydrogen) atoms. The minimum atomic E-state index is -4.23. The summed E-state index contributed by atoms with van der Waals surface area (Å²) in [6.45, 7) is 8.42. The van der Waals surface area contributed by atoms with Gasteiger partial charge in [-0.25, -0.2) is 4.18 Å². The number of carboxylic acids is 1. The molecule has 3 aromatic carbocycles. The van der Waals surface area contributed by atoms with Crippen molar-refractivity contribution < 1.29 is 37.3 Å². The molecule has 1 heterocycles. The summed E-state index contributed by atoms with van der Waals surface area (Å²) in [5.74, 6) is -0.733. The van der Waals surface area contributed by atoms with E-state index in [0.29, 0.717) is 12.8 Å². The minimum Gasteiger partial charge on any atom is -0.481 e. The standard InChI is InChI=1S/C32H39NO4.C12H26O4S/c1-31(2,30(35)36)25-17-15-24(16-18-25)29(34)14-9-21-33-22-19-28(20-23-33)32(37,26-10-5-3-6-11-26)27-12-7-4-8-13-27;1-2-3-4-5-6-7-8-9-10-11-12-16-17(13,14)15/h3-8,10-13,15-18,28-29,34,37H,9,14,19-23H2,1-2H3,(H,35,36);2-12H2,1H3,(H,13,14,15)/t29-;/m0./s1. The second-order valence-electron chi connectivity index (χ2n) is 15.3. The number of likely N-dealkylation sites (tertiary alicyclic amines) is 1. The SMILES string of the molecule is CC(C)(C(=O)O)c1ccc([C@@H](O)CCCN2CCC(C(O)(c3ccccc3)c3ccccc3)CC2)cc1.CCCCCCCCCCCCOS(=O)(=O)O. The van der Waals surface area contributed by atoms with Crippen LogP contribution in [0.15, 0.2) is 84.9 Å². The van der Waals surface area contributed by atoms with Crippen LogP contribution in [0.5, 0.6) is 0 Å². The molecule has 0 amide bonds. The van der Waals surface area contributed by atoms with Crippen LogP contribution in [0.3, 0.4) is 0 Å². The third kappa shape index (κ3) is 14.8. The molecule has 4 N–H and O–H groups in total. The largest absolute Gasteiger partial charge is 0.481 e. The Morgan fingerprint density at radius 2 is 1.24 bits per heavy atom. The summed E-state index contributed by atoms with van der Waals surface area (Å²) in [6, 6.07) is 27.3. The molecule has 1 aliphatic rings. The summed E-state index contributed by atoms with van der Waals surface area (Å²) in [5.41, 5.74) is 1.47. The molecule has 1 fully saturated rings. The summed E-state index contributed by atoms with van der Waals surface area (Å²) < 4.78 is 33.0. The lowest BCUT2D eigenvalue weighted by Crippen LogP contribution is -2.44.